The summed E-state index contributed by atoms with van der Waals surface area (Å²) >= 11 is 0. The van der Waals surface area contributed by atoms with E-state index >= 15 is 4.39 Å². The number of hydrogen-bond donors (Lipinski definition) is 0. The van der Waals surface area contributed by atoms with Gasteiger partial charge in [0, 0.05) is 37.9 Å². The Morgan fingerprint density at radius 1 is 0.533 bits per heavy atom. The topological polar surface area (TPSA) is 38.9 Å². The molecule has 8 rings (SSSR count). The zero-order chi connectivity index (χ0) is 29.7. The molecule has 0 aliphatic carbocycles. The average molecular weight is 761 g/mol. The summed E-state index contributed by atoms with van der Waals surface area (Å²) in [6.07, 6.45) is 3.53. The first-order chi connectivity index (χ1) is 21.8. The Kier molecular flexibility index (Phi) is 9.02. The maximum atomic E-state index is 15.2. The summed E-state index contributed by atoms with van der Waals surface area (Å²) in [7, 11) is 0. The molecule has 0 aliphatic rings. The molecule has 0 unspecified atom stereocenters. The fourth-order valence-corrected chi connectivity index (χ4v) is 5.31. The molecule has 0 aliphatic heterocycles. The van der Waals surface area contributed by atoms with Crippen molar-refractivity contribution in [2.24, 2.45) is 0 Å². The zero-order valence-corrected chi connectivity index (χ0v) is 26.3. The SMILES string of the molecule is Fc1ccc2c(oc3c(-c4ccccn4)[c-]ccc32)c1-c1cccc(-c2ccccc2)c1.[Ir].[c-]1ccccc1-c1ccccn1. The normalized spacial score (nSPS) is 10.6. The molecule has 0 N–H and O–H groups in total. The Balaban J connectivity index is 0.000000231. The first kappa shape index (κ1) is 29.8. The summed E-state index contributed by atoms with van der Waals surface area (Å²) in [5.41, 5.74) is 8.08. The van der Waals surface area contributed by atoms with Crippen LogP contribution in [0.15, 0.2) is 156 Å². The number of aromatic nitrogens is 2. The van der Waals surface area contributed by atoms with Gasteiger partial charge in [-0.3, -0.25) is 0 Å². The summed E-state index contributed by atoms with van der Waals surface area (Å²) in [4.78, 5) is 8.67. The zero-order valence-electron chi connectivity index (χ0n) is 23.9. The van der Waals surface area contributed by atoms with Gasteiger partial charge in [-0.25, -0.2) is 4.39 Å². The van der Waals surface area contributed by atoms with E-state index in [2.05, 4.69) is 22.1 Å². The fraction of sp³-hybridized carbons (Fsp3) is 0. The molecule has 3 nitrogen and oxygen atoms in total. The van der Waals surface area contributed by atoms with Crippen molar-refractivity contribution in [3.05, 3.63) is 170 Å². The molecule has 0 bridgehead atoms. The van der Waals surface area contributed by atoms with Crippen molar-refractivity contribution in [3.8, 4) is 44.8 Å². The van der Waals surface area contributed by atoms with E-state index < -0.39 is 0 Å². The molecule has 5 aromatic carbocycles. The summed E-state index contributed by atoms with van der Waals surface area (Å²) in [5.74, 6) is -0.315. The molecule has 3 aromatic heterocycles. The van der Waals surface area contributed by atoms with Gasteiger partial charge in [0.1, 0.15) is 11.4 Å². The van der Waals surface area contributed by atoms with E-state index in [0.29, 0.717) is 16.7 Å². The van der Waals surface area contributed by atoms with E-state index in [9.17, 15) is 0 Å². The van der Waals surface area contributed by atoms with Gasteiger partial charge in [0.05, 0.1) is 11.1 Å². The van der Waals surface area contributed by atoms with Crippen molar-refractivity contribution in [2.75, 3.05) is 0 Å². The number of fused-ring (bicyclic) bond motifs is 3. The molecule has 219 valence electrons. The van der Waals surface area contributed by atoms with E-state index in [0.717, 1.165) is 50.0 Å². The van der Waals surface area contributed by atoms with Crippen molar-refractivity contribution < 1.29 is 28.9 Å². The number of nitrogens with zero attached hydrogens (tertiary/aromatic N) is 2. The van der Waals surface area contributed by atoms with E-state index in [1.165, 1.54) is 6.07 Å². The van der Waals surface area contributed by atoms with Crippen LogP contribution < -0.4 is 0 Å². The van der Waals surface area contributed by atoms with Crippen molar-refractivity contribution in [2.45, 2.75) is 0 Å². The van der Waals surface area contributed by atoms with E-state index in [4.69, 9.17) is 4.42 Å². The Labute approximate surface area is 274 Å². The second-order valence-corrected chi connectivity index (χ2v) is 10.1. The van der Waals surface area contributed by atoms with Crippen LogP contribution in [0.2, 0.25) is 0 Å². The van der Waals surface area contributed by atoms with Crippen molar-refractivity contribution in [1.29, 1.82) is 0 Å². The van der Waals surface area contributed by atoms with Gasteiger partial charge < -0.3 is 14.4 Å². The largest absolute Gasteiger partial charge is 0.500 e. The predicted octanol–water partition coefficient (Wildman–Crippen LogP) is 10.5. The Morgan fingerprint density at radius 3 is 1.96 bits per heavy atom. The molecule has 1 radical (unpaired) electrons. The van der Waals surface area contributed by atoms with Crippen LogP contribution >= 0.6 is 0 Å². The molecule has 0 amide bonds. The maximum Gasteiger partial charge on any atom is 0.134 e. The molecule has 0 atom stereocenters. The summed E-state index contributed by atoms with van der Waals surface area (Å²) in [5, 5.41) is 1.78. The van der Waals surface area contributed by atoms with Crippen LogP contribution in [0.25, 0.3) is 66.7 Å². The molecule has 0 fully saturated rings. The third kappa shape index (κ3) is 6.23. The van der Waals surface area contributed by atoms with Gasteiger partial charge in [-0.15, -0.1) is 54.1 Å². The van der Waals surface area contributed by atoms with Gasteiger partial charge in [-0.1, -0.05) is 83.7 Å². The van der Waals surface area contributed by atoms with Gasteiger partial charge in [0.2, 0.25) is 0 Å². The fourth-order valence-electron chi connectivity index (χ4n) is 5.31. The molecular formula is C40H25FIrN2O-2. The van der Waals surface area contributed by atoms with Crippen molar-refractivity contribution in [1.82, 2.24) is 9.97 Å². The van der Waals surface area contributed by atoms with Crippen LogP contribution in [0.4, 0.5) is 4.39 Å². The maximum absolute atomic E-state index is 15.2. The van der Waals surface area contributed by atoms with Crippen molar-refractivity contribution >= 4 is 21.9 Å². The molecule has 0 spiro atoms. The molecule has 8 aromatic rings. The Bertz CT molecular complexity index is 2130. The number of halogens is 1. The third-order valence-corrected chi connectivity index (χ3v) is 7.38. The standard InChI is InChI=1S/C29H17FNO.C11H8N.Ir/c30-25-16-15-23-22-12-7-13-24(26-14-4-5-17-31-26)28(22)32-29(23)27(25)21-11-6-10-20(18-21)19-8-2-1-3-9-19;1-2-6-10(7-3-1)11-8-4-5-9-12-11;/h1-12,14-18H;1-6,8-9H;/q2*-1;. The minimum atomic E-state index is -0.315. The first-order valence-electron chi connectivity index (χ1n) is 14.3. The number of furan rings is 1. The summed E-state index contributed by atoms with van der Waals surface area (Å²) in [6, 6.07) is 50.9. The first-order valence-corrected chi connectivity index (χ1v) is 14.3. The molecule has 5 heteroatoms. The minimum Gasteiger partial charge on any atom is -0.500 e. The molecule has 0 saturated heterocycles. The summed E-state index contributed by atoms with van der Waals surface area (Å²) < 4.78 is 21.5. The predicted molar refractivity (Wildman–Crippen MR) is 175 cm³/mol. The minimum absolute atomic E-state index is 0. The number of benzene rings is 5. The van der Waals surface area contributed by atoms with Crippen LogP contribution in [-0.4, -0.2) is 9.97 Å². The van der Waals surface area contributed by atoms with E-state index in [1.54, 1.807) is 18.5 Å². The molecule has 0 saturated carbocycles. The van der Waals surface area contributed by atoms with Gasteiger partial charge in [0.25, 0.3) is 0 Å². The second-order valence-electron chi connectivity index (χ2n) is 10.1. The monoisotopic (exact) mass is 761 g/mol. The molecular weight excluding hydrogens is 736 g/mol. The smallest absolute Gasteiger partial charge is 0.134 e. The van der Waals surface area contributed by atoms with E-state index in [-0.39, 0.29) is 25.9 Å². The van der Waals surface area contributed by atoms with Crippen LogP contribution in [-0.2, 0) is 20.1 Å². The number of rotatable bonds is 4. The van der Waals surface area contributed by atoms with Crippen LogP contribution in [0, 0.1) is 17.9 Å². The Hall–Kier alpha value is -5.22. The Morgan fingerprint density at radius 2 is 1.22 bits per heavy atom. The van der Waals surface area contributed by atoms with Crippen LogP contribution in [0.5, 0.6) is 0 Å². The number of pyridine rings is 2. The summed E-state index contributed by atoms with van der Waals surface area (Å²) in [6.45, 7) is 0. The molecule has 3 heterocycles. The van der Waals surface area contributed by atoms with Gasteiger partial charge in [-0.2, -0.15) is 0 Å². The second kappa shape index (κ2) is 13.6. The number of hydrogen-bond acceptors (Lipinski definition) is 3. The van der Waals surface area contributed by atoms with Gasteiger partial charge in [-0.05, 0) is 58.4 Å². The van der Waals surface area contributed by atoms with E-state index in [1.807, 2.05) is 127 Å². The van der Waals surface area contributed by atoms with Crippen LogP contribution in [0.3, 0.4) is 0 Å². The molecule has 45 heavy (non-hydrogen) atoms. The third-order valence-electron chi connectivity index (χ3n) is 7.38. The van der Waals surface area contributed by atoms with Crippen molar-refractivity contribution in [3.63, 3.8) is 0 Å². The average Bonchev–Trinajstić information content (AvgIpc) is 3.49. The van der Waals surface area contributed by atoms with Crippen LogP contribution in [0.1, 0.15) is 0 Å². The quantitative estimate of drug-likeness (QED) is 0.168. The van der Waals surface area contributed by atoms with Gasteiger partial charge >= 0.3 is 0 Å². The van der Waals surface area contributed by atoms with Gasteiger partial charge in [0.15, 0.2) is 0 Å².